The monoisotopic (exact) mass is 333 g/mol. The minimum atomic E-state index is -0.118. The van der Waals surface area contributed by atoms with Crippen LogP contribution in [0.4, 0.5) is 5.69 Å². The molecule has 0 saturated carbocycles. The molecule has 0 unspecified atom stereocenters. The number of carbonyl (C=O) groups excluding carboxylic acids is 1. The second kappa shape index (κ2) is 6.68. The Bertz CT molecular complexity index is 626. The Morgan fingerprint density at radius 1 is 1.25 bits per heavy atom. The van der Waals surface area contributed by atoms with Gasteiger partial charge in [-0.1, -0.05) is 40.2 Å². The van der Waals surface area contributed by atoms with Crippen LogP contribution in [0.1, 0.15) is 21.5 Å². The minimum absolute atomic E-state index is 0.118. The first-order valence-electron chi connectivity index (χ1n) is 6.26. The molecule has 4 heteroatoms. The van der Waals surface area contributed by atoms with E-state index in [1.54, 1.807) is 7.11 Å². The number of para-hydroxylation sites is 1. The van der Waals surface area contributed by atoms with Crippen molar-refractivity contribution >= 4 is 27.5 Å². The maximum atomic E-state index is 12.4. The summed E-state index contributed by atoms with van der Waals surface area (Å²) in [6.45, 7) is 2.39. The zero-order valence-electron chi connectivity index (χ0n) is 11.4. The summed E-state index contributed by atoms with van der Waals surface area (Å²) in [6.07, 6.45) is 0. The number of anilines is 1. The van der Waals surface area contributed by atoms with Crippen LogP contribution in [0.5, 0.6) is 0 Å². The van der Waals surface area contributed by atoms with Crippen molar-refractivity contribution in [3.8, 4) is 0 Å². The summed E-state index contributed by atoms with van der Waals surface area (Å²) in [7, 11) is 1.64. The Kier molecular flexibility index (Phi) is 4.93. The molecule has 1 N–H and O–H groups in total. The lowest BCUT2D eigenvalue weighted by Crippen LogP contribution is -2.14. The lowest BCUT2D eigenvalue weighted by molar-refractivity contribution is 0.102. The highest BCUT2D eigenvalue weighted by Crippen LogP contribution is 2.20. The van der Waals surface area contributed by atoms with E-state index in [0.717, 1.165) is 21.3 Å². The smallest absolute Gasteiger partial charge is 0.255 e. The number of carbonyl (C=O) groups is 1. The number of hydrogen-bond acceptors (Lipinski definition) is 2. The summed E-state index contributed by atoms with van der Waals surface area (Å²) in [4.78, 5) is 12.4. The van der Waals surface area contributed by atoms with Crippen LogP contribution in [0.2, 0.25) is 0 Å². The first-order valence-corrected chi connectivity index (χ1v) is 7.05. The largest absolute Gasteiger partial charge is 0.380 e. The SMILES string of the molecule is COCc1ccccc1NC(=O)c1cc(Br)ccc1C. The van der Waals surface area contributed by atoms with Gasteiger partial charge in [0.2, 0.25) is 0 Å². The van der Waals surface area contributed by atoms with Crippen molar-refractivity contribution in [1.29, 1.82) is 0 Å². The van der Waals surface area contributed by atoms with E-state index in [2.05, 4.69) is 21.2 Å². The molecule has 0 spiro atoms. The van der Waals surface area contributed by atoms with Crippen molar-refractivity contribution in [1.82, 2.24) is 0 Å². The molecule has 1 amide bonds. The van der Waals surface area contributed by atoms with Gasteiger partial charge >= 0.3 is 0 Å². The minimum Gasteiger partial charge on any atom is -0.380 e. The standard InChI is InChI=1S/C16H16BrNO2/c1-11-7-8-13(17)9-14(11)16(19)18-15-6-4-3-5-12(15)10-20-2/h3-9H,10H2,1-2H3,(H,18,19). The fourth-order valence-corrected chi connectivity index (χ4v) is 2.31. The highest BCUT2D eigenvalue weighted by atomic mass is 79.9. The quantitative estimate of drug-likeness (QED) is 0.912. The number of rotatable bonds is 4. The van der Waals surface area contributed by atoms with Gasteiger partial charge in [-0.05, 0) is 30.7 Å². The summed E-state index contributed by atoms with van der Waals surface area (Å²) in [5, 5.41) is 2.94. The average Bonchev–Trinajstić information content (AvgIpc) is 2.44. The van der Waals surface area contributed by atoms with Crippen molar-refractivity contribution in [2.75, 3.05) is 12.4 Å². The van der Waals surface area contributed by atoms with Gasteiger partial charge in [0, 0.05) is 28.4 Å². The predicted molar refractivity (Wildman–Crippen MR) is 84.0 cm³/mol. The van der Waals surface area contributed by atoms with Crippen molar-refractivity contribution in [3.63, 3.8) is 0 Å². The first-order chi connectivity index (χ1) is 9.61. The molecule has 104 valence electrons. The van der Waals surface area contributed by atoms with Gasteiger partial charge in [-0.2, -0.15) is 0 Å². The molecule has 0 saturated heterocycles. The number of methoxy groups -OCH3 is 1. The molecule has 0 atom stereocenters. The van der Waals surface area contributed by atoms with E-state index in [-0.39, 0.29) is 5.91 Å². The van der Waals surface area contributed by atoms with Crippen LogP contribution in [-0.4, -0.2) is 13.0 Å². The second-order valence-electron chi connectivity index (χ2n) is 4.50. The van der Waals surface area contributed by atoms with Crippen LogP contribution in [0, 0.1) is 6.92 Å². The van der Waals surface area contributed by atoms with E-state index in [9.17, 15) is 4.79 Å². The molecule has 0 aliphatic carbocycles. The number of benzene rings is 2. The predicted octanol–water partition coefficient (Wildman–Crippen LogP) is 4.16. The first kappa shape index (κ1) is 14.8. The van der Waals surface area contributed by atoms with Crippen LogP contribution in [0.25, 0.3) is 0 Å². The summed E-state index contributed by atoms with van der Waals surface area (Å²) in [6, 6.07) is 13.3. The van der Waals surface area contributed by atoms with E-state index in [0.29, 0.717) is 12.2 Å². The van der Waals surface area contributed by atoms with Crippen LogP contribution >= 0.6 is 15.9 Å². The molecule has 2 aromatic carbocycles. The van der Waals surface area contributed by atoms with E-state index in [4.69, 9.17) is 4.74 Å². The molecule has 0 aliphatic heterocycles. The Morgan fingerprint density at radius 3 is 2.75 bits per heavy atom. The Balaban J connectivity index is 2.26. The average molecular weight is 334 g/mol. The molecule has 3 nitrogen and oxygen atoms in total. The lowest BCUT2D eigenvalue weighted by atomic mass is 10.1. The molecule has 20 heavy (non-hydrogen) atoms. The maximum Gasteiger partial charge on any atom is 0.255 e. The van der Waals surface area contributed by atoms with Gasteiger partial charge in [0.25, 0.3) is 5.91 Å². The zero-order chi connectivity index (χ0) is 14.5. The molecule has 0 aromatic heterocycles. The third kappa shape index (κ3) is 3.46. The topological polar surface area (TPSA) is 38.3 Å². The van der Waals surface area contributed by atoms with Gasteiger partial charge < -0.3 is 10.1 Å². The zero-order valence-corrected chi connectivity index (χ0v) is 13.0. The number of ether oxygens (including phenoxy) is 1. The van der Waals surface area contributed by atoms with Crippen molar-refractivity contribution < 1.29 is 9.53 Å². The normalized spacial score (nSPS) is 10.3. The summed E-state index contributed by atoms with van der Waals surface area (Å²) in [5.74, 6) is -0.118. The van der Waals surface area contributed by atoms with Crippen molar-refractivity contribution in [2.45, 2.75) is 13.5 Å². The number of aryl methyl sites for hydroxylation is 1. The van der Waals surface area contributed by atoms with Gasteiger partial charge in [-0.15, -0.1) is 0 Å². The molecule has 0 heterocycles. The van der Waals surface area contributed by atoms with Gasteiger partial charge in [-0.25, -0.2) is 0 Å². The molecule has 0 radical (unpaired) electrons. The number of amides is 1. The molecule has 0 aliphatic rings. The second-order valence-corrected chi connectivity index (χ2v) is 5.42. The Labute approximate surface area is 127 Å². The summed E-state index contributed by atoms with van der Waals surface area (Å²) >= 11 is 3.39. The fourth-order valence-electron chi connectivity index (χ4n) is 1.95. The van der Waals surface area contributed by atoms with Gasteiger partial charge in [0.1, 0.15) is 0 Å². The molecule has 2 rings (SSSR count). The third-order valence-corrected chi connectivity index (χ3v) is 3.50. The van der Waals surface area contributed by atoms with E-state index < -0.39 is 0 Å². The molecule has 0 bridgehead atoms. The van der Waals surface area contributed by atoms with E-state index in [1.807, 2.05) is 49.4 Å². The maximum absolute atomic E-state index is 12.4. The molecular formula is C16H16BrNO2. The Hall–Kier alpha value is -1.65. The lowest BCUT2D eigenvalue weighted by Gasteiger charge is -2.12. The van der Waals surface area contributed by atoms with E-state index in [1.165, 1.54) is 0 Å². The highest BCUT2D eigenvalue weighted by molar-refractivity contribution is 9.10. The highest BCUT2D eigenvalue weighted by Gasteiger charge is 2.11. The molecule has 2 aromatic rings. The van der Waals surface area contributed by atoms with Gasteiger partial charge in [-0.3, -0.25) is 4.79 Å². The van der Waals surface area contributed by atoms with Crippen molar-refractivity contribution in [3.05, 3.63) is 63.6 Å². The van der Waals surface area contributed by atoms with E-state index >= 15 is 0 Å². The van der Waals surface area contributed by atoms with Crippen molar-refractivity contribution in [2.24, 2.45) is 0 Å². The third-order valence-electron chi connectivity index (χ3n) is 3.01. The van der Waals surface area contributed by atoms with Gasteiger partial charge in [0.15, 0.2) is 0 Å². The van der Waals surface area contributed by atoms with Crippen LogP contribution in [0.15, 0.2) is 46.9 Å². The summed E-state index contributed by atoms with van der Waals surface area (Å²) in [5.41, 5.74) is 3.33. The number of nitrogens with one attached hydrogen (secondary N) is 1. The summed E-state index contributed by atoms with van der Waals surface area (Å²) < 4.78 is 6.03. The van der Waals surface area contributed by atoms with Crippen LogP contribution < -0.4 is 5.32 Å². The van der Waals surface area contributed by atoms with Gasteiger partial charge in [0.05, 0.1) is 6.61 Å². The van der Waals surface area contributed by atoms with Crippen LogP contribution in [-0.2, 0) is 11.3 Å². The number of halogens is 1. The number of hydrogen-bond donors (Lipinski definition) is 1. The Morgan fingerprint density at radius 2 is 2.00 bits per heavy atom. The fraction of sp³-hybridized carbons (Fsp3) is 0.188. The van der Waals surface area contributed by atoms with Crippen LogP contribution in [0.3, 0.4) is 0 Å². The molecule has 0 fully saturated rings. The molecular weight excluding hydrogens is 318 g/mol.